The van der Waals surface area contributed by atoms with Gasteiger partial charge in [0.2, 0.25) is 0 Å². The number of pyridine rings is 1. The summed E-state index contributed by atoms with van der Waals surface area (Å²) in [5, 5.41) is 2.83. The molecule has 7 heteroatoms. The molecule has 4 N–H and O–H groups in total. The topological polar surface area (TPSA) is 92.9 Å². The van der Waals surface area contributed by atoms with E-state index in [0.29, 0.717) is 16.9 Å². The van der Waals surface area contributed by atoms with E-state index in [4.69, 9.17) is 5.84 Å². The van der Waals surface area contributed by atoms with Gasteiger partial charge in [0.05, 0.1) is 33.2 Å². The minimum atomic E-state index is -0.246. The molecule has 0 radical (unpaired) electrons. The lowest BCUT2D eigenvalue weighted by Crippen LogP contribution is -2.17. The van der Waals surface area contributed by atoms with Gasteiger partial charge in [0.15, 0.2) is 0 Å². The number of hydrazine groups is 1. The third-order valence-electron chi connectivity index (χ3n) is 2.81. The molecule has 0 aliphatic heterocycles. The summed E-state index contributed by atoms with van der Waals surface area (Å²) in [5.74, 6) is 5.12. The number of nitrogen functional groups attached to an aromatic ring is 1. The summed E-state index contributed by atoms with van der Waals surface area (Å²) in [5.41, 5.74) is 6.77. The van der Waals surface area contributed by atoms with Crippen LogP contribution in [0.1, 0.15) is 10.4 Å². The van der Waals surface area contributed by atoms with Gasteiger partial charge in [0, 0.05) is 11.9 Å². The maximum atomic E-state index is 12.2. The molecule has 2 aromatic heterocycles. The summed E-state index contributed by atoms with van der Waals surface area (Å²) in [6, 6.07) is 7.18. The maximum Gasteiger partial charge on any atom is 0.257 e. The molecule has 0 saturated carbocycles. The quantitative estimate of drug-likeness (QED) is 0.507. The molecule has 20 heavy (non-hydrogen) atoms. The third kappa shape index (κ3) is 2.31. The number of rotatable bonds is 3. The molecule has 0 spiro atoms. The van der Waals surface area contributed by atoms with Crippen LogP contribution in [0.3, 0.4) is 0 Å². The largest absolute Gasteiger partial charge is 0.322 e. The first-order valence-corrected chi connectivity index (χ1v) is 6.71. The van der Waals surface area contributed by atoms with Crippen LogP contribution in [0.25, 0.3) is 10.2 Å². The first-order chi connectivity index (χ1) is 9.78. The molecule has 0 atom stereocenters. The van der Waals surface area contributed by atoms with Gasteiger partial charge in [0.1, 0.15) is 0 Å². The van der Waals surface area contributed by atoms with Crippen molar-refractivity contribution in [1.82, 2.24) is 9.97 Å². The van der Waals surface area contributed by atoms with Crippen molar-refractivity contribution in [3.05, 3.63) is 47.7 Å². The van der Waals surface area contributed by atoms with Crippen LogP contribution in [0.5, 0.6) is 0 Å². The number of amides is 1. The zero-order valence-corrected chi connectivity index (χ0v) is 11.1. The number of carbonyl (C=O) groups is 1. The van der Waals surface area contributed by atoms with Crippen LogP contribution in [0, 0.1) is 0 Å². The van der Waals surface area contributed by atoms with Gasteiger partial charge in [-0.15, -0.1) is 11.3 Å². The van der Waals surface area contributed by atoms with E-state index in [9.17, 15) is 4.79 Å². The lowest BCUT2D eigenvalue weighted by molar-refractivity contribution is 0.102. The van der Waals surface area contributed by atoms with Gasteiger partial charge in [0.25, 0.3) is 5.91 Å². The molecular formula is C13H11N5OS. The summed E-state index contributed by atoms with van der Waals surface area (Å²) in [7, 11) is 0. The second-order valence-electron chi connectivity index (χ2n) is 4.05. The molecule has 2 heterocycles. The van der Waals surface area contributed by atoms with Crippen LogP contribution >= 0.6 is 11.3 Å². The maximum absolute atomic E-state index is 12.2. The molecule has 3 rings (SSSR count). The number of aromatic nitrogens is 2. The Balaban J connectivity index is 1.88. The number of fused-ring (bicyclic) bond motifs is 1. The monoisotopic (exact) mass is 285 g/mol. The molecule has 0 saturated heterocycles. The van der Waals surface area contributed by atoms with E-state index < -0.39 is 0 Å². The van der Waals surface area contributed by atoms with Crippen LogP contribution in [0.15, 0.2) is 42.2 Å². The Morgan fingerprint density at radius 3 is 3.05 bits per heavy atom. The summed E-state index contributed by atoms with van der Waals surface area (Å²) in [4.78, 5) is 20.3. The van der Waals surface area contributed by atoms with Crippen LogP contribution in [0.2, 0.25) is 0 Å². The number of nitrogens with one attached hydrogen (secondary N) is 2. The van der Waals surface area contributed by atoms with Gasteiger partial charge in [-0.1, -0.05) is 0 Å². The predicted octanol–water partition coefficient (Wildman–Crippen LogP) is 2.23. The van der Waals surface area contributed by atoms with Crippen molar-refractivity contribution in [3.8, 4) is 0 Å². The van der Waals surface area contributed by atoms with Crippen molar-refractivity contribution in [2.75, 3.05) is 10.7 Å². The number of thiazole rings is 1. The summed E-state index contributed by atoms with van der Waals surface area (Å²) < 4.78 is 1.02. The predicted molar refractivity (Wildman–Crippen MR) is 79.6 cm³/mol. The third-order valence-corrected chi connectivity index (χ3v) is 3.60. The van der Waals surface area contributed by atoms with Gasteiger partial charge in [-0.2, -0.15) is 0 Å². The zero-order valence-electron chi connectivity index (χ0n) is 10.3. The zero-order chi connectivity index (χ0) is 13.9. The molecule has 0 fully saturated rings. The van der Waals surface area contributed by atoms with E-state index in [1.807, 2.05) is 18.2 Å². The molecule has 100 valence electrons. The van der Waals surface area contributed by atoms with Crippen LogP contribution in [0.4, 0.5) is 11.4 Å². The SMILES string of the molecule is NNc1cnccc1C(=O)Nc1ccc2ncsc2c1. The minimum absolute atomic E-state index is 0.246. The molecule has 3 aromatic rings. The second-order valence-corrected chi connectivity index (χ2v) is 4.94. The minimum Gasteiger partial charge on any atom is -0.322 e. The number of nitrogens with two attached hydrogens (primary N) is 1. The highest BCUT2D eigenvalue weighted by Gasteiger charge is 2.11. The van der Waals surface area contributed by atoms with E-state index in [1.54, 1.807) is 17.8 Å². The number of anilines is 2. The molecule has 0 aliphatic rings. The van der Waals surface area contributed by atoms with E-state index in [0.717, 1.165) is 10.2 Å². The van der Waals surface area contributed by atoms with Crippen molar-refractivity contribution >= 4 is 38.8 Å². The molecule has 6 nitrogen and oxygen atoms in total. The average Bonchev–Trinajstić information content (AvgIpc) is 2.94. The Labute approximate surface area is 118 Å². The van der Waals surface area contributed by atoms with Crippen molar-refractivity contribution in [3.63, 3.8) is 0 Å². The number of hydrogen-bond donors (Lipinski definition) is 3. The highest BCUT2D eigenvalue weighted by Crippen LogP contribution is 2.22. The highest BCUT2D eigenvalue weighted by molar-refractivity contribution is 7.16. The summed E-state index contributed by atoms with van der Waals surface area (Å²) >= 11 is 1.53. The van der Waals surface area contributed by atoms with E-state index in [1.165, 1.54) is 17.5 Å². The van der Waals surface area contributed by atoms with Gasteiger partial charge >= 0.3 is 0 Å². The fourth-order valence-electron chi connectivity index (χ4n) is 1.84. The van der Waals surface area contributed by atoms with E-state index in [2.05, 4.69) is 20.7 Å². The fraction of sp³-hybridized carbons (Fsp3) is 0. The standard InChI is InChI=1S/C13H11N5OS/c14-18-11-6-15-4-3-9(11)13(19)17-8-1-2-10-12(5-8)20-7-16-10/h1-7,18H,14H2,(H,17,19). The Hall–Kier alpha value is -2.51. The van der Waals surface area contributed by atoms with Crippen LogP contribution in [-0.2, 0) is 0 Å². The molecule has 1 aromatic carbocycles. The fourth-order valence-corrected chi connectivity index (χ4v) is 2.56. The van der Waals surface area contributed by atoms with Crippen LogP contribution < -0.4 is 16.6 Å². The Morgan fingerprint density at radius 2 is 2.20 bits per heavy atom. The average molecular weight is 285 g/mol. The highest BCUT2D eigenvalue weighted by atomic mass is 32.1. The Bertz CT molecular complexity index is 770. The van der Waals surface area contributed by atoms with E-state index in [-0.39, 0.29) is 5.91 Å². The second kappa shape index (κ2) is 5.24. The number of benzene rings is 1. The Kier molecular flexibility index (Phi) is 3.28. The van der Waals surface area contributed by atoms with Crippen molar-refractivity contribution in [1.29, 1.82) is 0 Å². The number of hydrogen-bond acceptors (Lipinski definition) is 6. The first-order valence-electron chi connectivity index (χ1n) is 5.83. The number of nitrogens with zero attached hydrogens (tertiary/aromatic N) is 2. The van der Waals surface area contributed by atoms with Crippen molar-refractivity contribution in [2.24, 2.45) is 5.84 Å². The van der Waals surface area contributed by atoms with Gasteiger partial charge in [-0.05, 0) is 24.3 Å². The van der Waals surface area contributed by atoms with Crippen LogP contribution in [-0.4, -0.2) is 15.9 Å². The van der Waals surface area contributed by atoms with Gasteiger partial charge in [-0.25, -0.2) is 4.98 Å². The lowest BCUT2D eigenvalue weighted by atomic mass is 10.2. The molecular weight excluding hydrogens is 274 g/mol. The number of carbonyl (C=O) groups excluding carboxylic acids is 1. The first kappa shape index (κ1) is 12.5. The molecule has 0 bridgehead atoms. The van der Waals surface area contributed by atoms with Gasteiger partial charge in [-0.3, -0.25) is 15.6 Å². The van der Waals surface area contributed by atoms with Crippen molar-refractivity contribution in [2.45, 2.75) is 0 Å². The molecule has 0 aliphatic carbocycles. The summed E-state index contributed by atoms with van der Waals surface area (Å²) in [6.45, 7) is 0. The smallest absolute Gasteiger partial charge is 0.257 e. The Morgan fingerprint density at radius 1 is 1.30 bits per heavy atom. The van der Waals surface area contributed by atoms with E-state index >= 15 is 0 Å². The van der Waals surface area contributed by atoms with Crippen molar-refractivity contribution < 1.29 is 4.79 Å². The molecule has 0 unspecified atom stereocenters. The van der Waals surface area contributed by atoms with Gasteiger partial charge < -0.3 is 10.7 Å². The molecule has 1 amide bonds. The normalized spacial score (nSPS) is 10.4. The summed E-state index contributed by atoms with van der Waals surface area (Å²) in [6.07, 6.45) is 3.05. The lowest BCUT2D eigenvalue weighted by Gasteiger charge is -2.09.